The van der Waals surface area contributed by atoms with E-state index in [0.29, 0.717) is 11.3 Å². The van der Waals surface area contributed by atoms with Gasteiger partial charge in [-0.25, -0.2) is 0 Å². The van der Waals surface area contributed by atoms with Crippen LogP contribution in [0.1, 0.15) is 35.3 Å². The van der Waals surface area contributed by atoms with E-state index in [1.54, 1.807) is 24.3 Å². The summed E-state index contributed by atoms with van der Waals surface area (Å²) in [6.45, 7) is 2.36. The quantitative estimate of drug-likeness (QED) is 0.913. The maximum atomic E-state index is 12.5. The molecular formula is C19H21N3O2. The van der Waals surface area contributed by atoms with Crippen molar-refractivity contribution in [1.29, 1.82) is 0 Å². The van der Waals surface area contributed by atoms with Gasteiger partial charge in [0, 0.05) is 37.5 Å². The molecule has 0 radical (unpaired) electrons. The lowest BCUT2D eigenvalue weighted by atomic mass is 9.96. The number of benzene rings is 2. The molecule has 1 aliphatic rings. The summed E-state index contributed by atoms with van der Waals surface area (Å²) in [5.41, 5.74) is 3.58. The Bertz CT molecular complexity index is 755. The molecule has 0 spiro atoms. The lowest BCUT2D eigenvalue weighted by Gasteiger charge is -2.33. The normalized spacial score (nSPS) is 16.2. The van der Waals surface area contributed by atoms with E-state index in [9.17, 15) is 9.59 Å². The zero-order chi connectivity index (χ0) is 17.1. The first-order valence-corrected chi connectivity index (χ1v) is 8.03. The summed E-state index contributed by atoms with van der Waals surface area (Å²) >= 11 is 0. The Labute approximate surface area is 141 Å². The molecule has 0 aliphatic carbocycles. The van der Waals surface area contributed by atoms with Crippen LogP contribution in [-0.4, -0.2) is 25.4 Å². The van der Waals surface area contributed by atoms with Crippen molar-refractivity contribution in [2.45, 2.75) is 19.4 Å². The van der Waals surface area contributed by atoms with Crippen LogP contribution in [0.3, 0.4) is 0 Å². The smallest absolute Gasteiger partial charge is 0.251 e. The standard InChI is InChI=1S/C19H21N3O2/c1-13(23)20-15-9-7-14(8-10-15)19(24)21-17-11-12-22(2)18-6-4-3-5-16(17)18/h3-10,17H,11-12H2,1-2H3,(H,20,23)(H,21,24). The summed E-state index contributed by atoms with van der Waals surface area (Å²) < 4.78 is 0. The molecule has 0 aromatic heterocycles. The number of hydrogen-bond acceptors (Lipinski definition) is 3. The molecule has 124 valence electrons. The average Bonchev–Trinajstić information content (AvgIpc) is 2.58. The SMILES string of the molecule is CC(=O)Nc1ccc(C(=O)NC2CCN(C)c3ccccc32)cc1. The number of fused-ring (bicyclic) bond motifs is 1. The first-order valence-electron chi connectivity index (χ1n) is 8.03. The van der Waals surface area contributed by atoms with Crippen LogP contribution in [0.15, 0.2) is 48.5 Å². The van der Waals surface area contributed by atoms with Gasteiger partial charge in [-0.1, -0.05) is 18.2 Å². The van der Waals surface area contributed by atoms with Crippen molar-refractivity contribution in [3.63, 3.8) is 0 Å². The van der Waals surface area contributed by atoms with E-state index in [2.05, 4.69) is 34.7 Å². The van der Waals surface area contributed by atoms with E-state index >= 15 is 0 Å². The van der Waals surface area contributed by atoms with Crippen molar-refractivity contribution in [3.05, 3.63) is 59.7 Å². The second kappa shape index (κ2) is 6.74. The topological polar surface area (TPSA) is 61.4 Å². The predicted octanol–water partition coefficient (Wildman–Crippen LogP) is 2.96. The van der Waals surface area contributed by atoms with Gasteiger partial charge in [-0.2, -0.15) is 0 Å². The maximum Gasteiger partial charge on any atom is 0.251 e. The lowest BCUT2D eigenvalue weighted by molar-refractivity contribution is -0.114. The fourth-order valence-corrected chi connectivity index (χ4v) is 3.03. The molecule has 5 nitrogen and oxygen atoms in total. The number of rotatable bonds is 3. The molecule has 2 N–H and O–H groups in total. The summed E-state index contributed by atoms with van der Waals surface area (Å²) in [6.07, 6.45) is 0.878. The predicted molar refractivity (Wildman–Crippen MR) is 95.3 cm³/mol. The Morgan fingerprint density at radius 1 is 1.08 bits per heavy atom. The van der Waals surface area contributed by atoms with Crippen LogP contribution in [0.4, 0.5) is 11.4 Å². The van der Waals surface area contributed by atoms with Gasteiger partial charge in [0.2, 0.25) is 5.91 Å². The van der Waals surface area contributed by atoms with Crippen LogP contribution in [0.2, 0.25) is 0 Å². The van der Waals surface area contributed by atoms with Crippen LogP contribution in [0.5, 0.6) is 0 Å². The molecule has 0 saturated heterocycles. The van der Waals surface area contributed by atoms with E-state index in [4.69, 9.17) is 0 Å². The monoisotopic (exact) mass is 323 g/mol. The molecule has 5 heteroatoms. The number of para-hydroxylation sites is 1. The highest BCUT2D eigenvalue weighted by atomic mass is 16.2. The summed E-state index contributed by atoms with van der Waals surface area (Å²) in [5, 5.41) is 5.81. The van der Waals surface area contributed by atoms with E-state index in [0.717, 1.165) is 24.2 Å². The molecule has 0 fully saturated rings. The van der Waals surface area contributed by atoms with Crippen LogP contribution in [-0.2, 0) is 4.79 Å². The number of carbonyl (C=O) groups excluding carboxylic acids is 2. The van der Waals surface area contributed by atoms with Crippen molar-refractivity contribution in [3.8, 4) is 0 Å². The van der Waals surface area contributed by atoms with Gasteiger partial charge in [-0.3, -0.25) is 9.59 Å². The fourth-order valence-electron chi connectivity index (χ4n) is 3.03. The molecule has 1 unspecified atom stereocenters. The van der Waals surface area contributed by atoms with E-state index < -0.39 is 0 Å². The Hall–Kier alpha value is -2.82. The summed E-state index contributed by atoms with van der Waals surface area (Å²) in [7, 11) is 2.07. The Balaban J connectivity index is 1.73. The van der Waals surface area contributed by atoms with Gasteiger partial charge in [0.25, 0.3) is 5.91 Å². The minimum Gasteiger partial charge on any atom is -0.374 e. The van der Waals surface area contributed by atoms with E-state index in [-0.39, 0.29) is 17.9 Å². The van der Waals surface area contributed by atoms with Gasteiger partial charge in [0.1, 0.15) is 0 Å². The number of hydrogen-bond donors (Lipinski definition) is 2. The highest BCUT2D eigenvalue weighted by Gasteiger charge is 2.24. The van der Waals surface area contributed by atoms with Crippen LogP contribution in [0, 0.1) is 0 Å². The number of nitrogens with one attached hydrogen (secondary N) is 2. The zero-order valence-corrected chi connectivity index (χ0v) is 13.9. The minimum atomic E-state index is -0.130. The molecule has 0 saturated carbocycles. The molecule has 1 atom stereocenters. The van der Waals surface area contributed by atoms with Gasteiger partial charge < -0.3 is 15.5 Å². The van der Waals surface area contributed by atoms with Gasteiger partial charge in [0.15, 0.2) is 0 Å². The summed E-state index contributed by atoms with van der Waals surface area (Å²) in [5.74, 6) is -0.233. The molecule has 24 heavy (non-hydrogen) atoms. The van der Waals surface area contributed by atoms with E-state index in [1.165, 1.54) is 6.92 Å². The molecule has 0 bridgehead atoms. The number of anilines is 2. The first kappa shape index (κ1) is 16.1. The molecule has 1 heterocycles. The highest BCUT2D eigenvalue weighted by Crippen LogP contribution is 2.32. The Morgan fingerprint density at radius 2 is 1.79 bits per heavy atom. The van der Waals surface area contributed by atoms with Crippen LogP contribution in [0.25, 0.3) is 0 Å². The molecular weight excluding hydrogens is 302 g/mol. The average molecular weight is 323 g/mol. The third kappa shape index (κ3) is 3.40. The van der Waals surface area contributed by atoms with Gasteiger partial charge in [0.05, 0.1) is 6.04 Å². The van der Waals surface area contributed by atoms with Gasteiger partial charge in [-0.05, 0) is 42.3 Å². The maximum absolute atomic E-state index is 12.5. The number of nitrogens with zero attached hydrogens (tertiary/aromatic N) is 1. The van der Waals surface area contributed by atoms with Gasteiger partial charge >= 0.3 is 0 Å². The summed E-state index contributed by atoms with van der Waals surface area (Å²) in [4.78, 5) is 25.8. The van der Waals surface area contributed by atoms with Crippen molar-refractivity contribution in [1.82, 2.24) is 5.32 Å². The third-order valence-electron chi connectivity index (χ3n) is 4.25. The second-order valence-corrected chi connectivity index (χ2v) is 6.05. The second-order valence-electron chi connectivity index (χ2n) is 6.05. The molecule has 2 amide bonds. The first-order chi connectivity index (χ1) is 11.5. The molecule has 1 aliphatic heterocycles. The minimum absolute atomic E-state index is 0.0138. The van der Waals surface area contributed by atoms with Gasteiger partial charge in [-0.15, -0.1) is 0 Å². The number of carbonyl (C=O) groups is 2. The van der Waals surface area contributed by atoms with Crippen molar-refractivity contribution >= 4 is 23.2 Å². The molecule has 2 aromatic rings. The molecule has 2 aromatic carbocycles. The Morgan fingerprint density at radius 3 is 2.50 bits per heavy atom. The van der Waals surface area contributed by atoms with Crippen LogP contribution < -0.4 is 15.5 Å². The summed E-state index contributed by atoms with van der Waals surface area (Å²) in [6, 6.07) is 15.1. The lowest BCUT2D eigenvalue weighted by Crippen LogP contribution is -2.36. The molecule has 3 rings (SSSR count). The highest BCUT2D eigenvalue weighted by molar-refractivity contribution is 5.95. The number of amides is 2. The van der Waals surface area contributed by atoms with Crippen molar-refractivity contribution in [2.24, 2.45) is 0 Å². The third-order valence-corrected chi connectivity index (χ3v) is 4.25. The Kier molecular flexibility index (Phi) is 4.51. The van der Waals surface area contributed by atoms with Crippen LogP contribution >= 0.6 is 0 Å². The van der Waals surface area contributed by atoms with Crippen molar-refractivity contribution in [2.75, 3.05) is 23.8 Å². The fraction of sp³-hybridized carbons (Fsp3) is 0.263. The zero-order valence-electron chi connectivity index (χ0n) is 13.9. The van der Waals surface area contributed by atoms with Crippen molar-refractivity contribution < 1.29 is 9.59 Å². The van der Waals surface area contributed by atoms with E-state index in [1.807, 2.05) is 12.1 Å². The largest absolute Gasteiger partial charge is 0.374 e.